The average molecular weight is 360 g/mol. The first kappa shape index (κ1) is 17.8. The minimum Gasteiger partial charge on any atom is -0.497 e. The van der Waals surface area contributed by atoms with Crippen molar-refractivity contribution in [1.82, 2.24) is 5.32 Å². The normalized spacial score (nSPS) is 16.7. The molecule has 1 aliphatic heterocycles. The molecule has 1 fully saturated rings. The zero-order valence-electron chi connectivity index (χ0n) is 14.2. The second-order valence-electron chi connectivity index (χ2n) is 6.10. The Labute approximate surface area is 149 Å². The molecule has 2 amide bonds. The molecule has 5 nitrogen and oxygen atoms in total. The first-order chi connectivity index (χ1) is 12.5. The summed E-state index contributed by atoms with van der Waals surface area (Å²) in [5, 5.41) is 2.63. The van der Waals surface area contributed by atoms with Gasteiger partial charge in [-0.2, -0.15) is 0 Å². The molecule has 1 N–H and O–H groups in total. The van der Waals surface area contributed by atoms with Crippen LogP contribution in [0.4, 0.5) is 14.5 Å². The summed E-state index contributed by atoms with van der Waals surface area (Å²) >= 11 is 0. The number of nitrogens with zero attached hydrogens (tertiary/aromatic N) is 1. The quantitative estimate of drug-likeness (QED) is 0.892. The van der Waals surface area contributed by atoms with Gasteiger partial charge >= 0.3 is 0 Å². The Hall–Kier alpha value is -2.96. The minimum atomic E-state index is -0.698. The number of carbonyl (C=O) groups is 2. The molecule has 0 bridgehead atoms. The Kier molecular flexibility index (Phi) is 5.16. The van der Waals surface area contributed by atoms with E-state index >= 15 is 0 Å². The summed E-state index contributed by atoms with van der Waals surface area (Å²) in [5.41, 5.74) is 1.02. The lowest BCUT2D eigenvalue weighted by molar-refractivity contribution is -0.126. The molecule has 2 aromatic carbocycles. The van der Waals surface area contributed by atoms with Crippen LogP contribution in [0, 0.1) is 17.6 Å². The third-order valence-electron chi connectivity index (χ3n) is 4.27. The molecule has 7 heteroatoms. The van der Waals surface area contributed by atoms with Gasteiger partial charge in [0.05, 0.1) is 13.0 Å². The van der Waals surface area contributed by atoms with Crippen LogP contribution in [0.3, 0.4) is 0 Å². The van der Waals surface area contributed by atoms with Gasteiger partial charge in [0.25, 0.3) is 0 Å². The van der Waals surface area contributed by atoms with E-state index in [9.17, 15) is 18.4 Å². The van der Waals surface area contributed by atoms with Crippen LogP contribution in [0.25, 0.3) is 0 Å². The molecular formula is C19H18F2N2O3. The lowest BCUT2D eigenvalue weighted by Gasteiger charge is -2.17. The van der Waals surface area contributed by atoms with Crippen LogP contribution >= 0.6 is 0 Å². The Morgan fingerprint density at radius 3 is 2.46 bits per heavy atom. The van der Waals surface area contributed by atoms with Gasteiger partial charge in [-0.1, -0.05) is 0 Å². The maximum absolute atomic E-state index is 13.2. The summed E-state index contributed by atoms with van der Waals surface area (Å²) in [5.74, 6) is -1.70. The largest absolute Gasteiger partial charge is 0.497 e. The fourth-order valence-electron chi connectivity index (χ4n) is 2.94. The van der Waals surface area contributed by atoms with E-state index in [-0.39, 0.29) is 31.3 Å². The van der Waals surface area contributed by atoms with Crippen molar-refractivity contribution in [2.45, 2.75) is 13.0 Å². The van der Waals surface area contributed by atoms with Gasteiger partial charge in [-0.25, -0.2) is 8.78 Å². The van der Waals surface area contributed by atoms with E-state index in [0.717, 1.165) is 18.2 Å². The van der Waals surface area contributed by atoms with Crippen LogP contribution in [0.15, 0.2) is 42.5 Å². The van der Waals surface area contributed by atoms with E-state index in [1.54, 1.807) is 36.3 Å². The molecule has 2 aromatic rings. The predicted octanol–water partition coefficient (Wildman–Crippen LogP) is 2.64. The summed E-state index contributed by atoms with van der Waals surface area (Å²) < 4.78 is 31.5. The third-order valence-corrected chi connectivity index (χ3v) is 4.27. The number of rotatable bonds is 5. The van der Waals surface area contributed by atoms with Gasteiger partial charge < -0.3 is 15.0 Å². The molecule has 0 aliphatic carbocycles. The van der Waals surface area contributed by atoms with E-state index < -0.39 is 17.6 Å². The van der Waals surface area contributed by atoms with Gasteiger partial charge in [0.2, 0.25) is 11.8 Å². The van der Waals surface area contributed by atoms with Crippen molar-refractivity contribution < 1.29 is 23.1 Å². The minimum absolute atomic E-state index is 0.000734. The molecule has 0 saturated carbocycles. The van der Waals surface area contributed by atoms with Gasteiger partial charge in [0.15, 0.2) is 0 Å². The molecule has 1 saturated heterocycles. The molecule has 26 heavy (non-hydrogen) atoms. The number of halogens is 2. The highest BCUT2D eigenvalue weighted by Crippen LogP contribution is 2.27. The van der Waals surface area contributed by atoms with Crippen LogP contribution in [0.5, 0.6) is 5.75 Å². The zero-order chi connectivity index (χ0) is 18.7. The van der Waals surface area contributed by atoms with Gasteiger partial charge in [-0.05, 0) is 42.0 Å². The molecule has 0 spiro atoms. The summed E-state index contributed by atoms with van der Waals surface area (Å²) in [7, 11) is 1.56. The standard InChI is InChI=1S/C19H18F2N2O3/c1-26-17-4-2-16(3-5-17)23-11-13(8-18(23)24)19(25)22-10-12-6-14(20)9-15(21)7-12/h2-7,9,13H,8,10-11H2,1H3,(H,22,25)/t13-/m1/s1. The first-order valence-corrected chi connectivity index (χ1v) is 8.13. The number of amides is 2. The summed E-state index contributed by atoms with van der Waals surface area (Å²) in [4.78, 5) is 26.1. The number of anilines is 1. The molecule has 0 radical (unpaired) electrons. The van der Waals surface area contributed by atoms with Crippen molar-refractivity contribution >= 4 is 17.5 Å². The van der Waals surface area contributed by atoms with Crippen molar-refractivity contribution in [1.29, 1.82) is 0 Å². The van der Waals surface area contributed by atoms with Crippen molar-refractivity contribution in [2.24, 2.45) is 5.92 Å². The van der Waals surface area contributed by atoms with Crippen LogP contribution < -0.4 is 15.0 Å². The van der Waals surface area contributed by atoms with Crippen LogP contribution in [0.1, 0.15) is 12.0 Å². The molecule has 1 aliphatic rings. The van der Waals surface area contributed by atoms with Gasteiger partial charge in [0.1, 0.15) is 17.4 Å². The van der Waals surface area contributed by atoms with Crippen LogP contribution in [-0.2, 0) is 16.1 Å². The van der Waals surface area contributed by atoms with Crippen LogP contribution in [0.2, 0.25) is 0 Å². The third kappa shape index (κ3) is 3.99. The maximum Gasteiger partial charge on any atom is 0.227 e. The van der Waals surface area contributed by atoms with E-state index in [2.05, 4.69) is 5.32 Å². The molecular weight excluding hydrogens is 342 g/mol. The number of nitrogens with one attached hydrogen (secondary N) is 1. The van der Waals surface area contributed by atoms with Gasteiger partial charge in [-0.3, -0.25) is 9.59 Å². The average Bonchev–Trinajstić information content (AvgIpc) is 3.01. The lowest BCUT2D eigenvalue weighted by Crippen LogP contribution is -2.32. The second-order valence-corrected chi connectivity index (χ2v) is 6.10. The lowest BCUT2D eigenvalue weighted by atomic mass is 10.1. The summed E-state index contributed by atoms with van der Waals surface area (Å²) in [6.07, 6.45) is 0.0926. The zero-order valence-corrected chi connectivity index (χ0v) is 14.2. The molecule has 1 atom stereocenters. The van der Waals surface area contributed by atoms with E-state index in [1.165, 1.54) is 0 Å². The second kappa shape index (κ2) is 7.51. The van der Waals surface area contributed by atoms with E-state index in [0.29, 0.717) is 17.0 Å². The van der Waals surface area contributed by atoms with Gasteiger partial charge in [0, 0.05) is 31.3 Å². The fraction of sp³-hybridized carbons (Fsp3) is 0.263. The highest BCUT2D eigenvalue weighted by atomic mass is 19.1. The van der Waals surface area contributed by atoms with Crippen molar-refractivity contribution in [3.8, 4) is 5.75 Å². The van der Waals surface area contributed by atoms with Crippen molar-refractivity contribution in [3.63, 3.8) is 0 Å². The number of ether oxygens (including phenoxy) is 1. The van der Waals surface area contributed by atoms with Crippen molar-refractivity contribution in [2.75, 3.05) is 18.6 Å². The highest BCUT2D eigenvalue weighted by molar-refractivity contribution is 6.00. The number of methoxy groups -OCH3 is 1. The molecule has 136 valence electrons. The molecule has 3 rings (SSSR count). The monoisotopic (exact) mass is 360 g/mol. The first-order valence-electron chi connectivity index (χ1n) is 8.13. The number of benzene rings is 2. The van der Waals surface area contributed by atoms with Crippen molar-refractivity contribution in [3.05, 3.63) is 59.7 Å². The SMILES string of the molecule is COc1ccc(N2C[C@H](C(=O)NCc3cc(F)cc(F)c3)CC2=O)cc1. The van der Waals surface area contributed by atoms with E-state index in [1.807, 2.05) is 0 Å². The van der Waals surface area contributed by atoms with Gasteiger partial charge in [-0.15, -0.1) is 0 Å². The number of carbonyl (C=O) groups excluding carboxylic acids is 2. The van der Waals surface area contributed by atoms with E-state index in [4.69, 9.17) is 4.74 Å². The fourth-order valence-corrected chi connectivity index (χ4v) is 2.94. The summed E-state index contributed by atoms with van der Waals surface area (Å²) in [6.45, 7) is 0.259. The smallest absolute Gasteiger partial charge is 0.227 e. The molecule has 1 heterocycles. The number of hydrogen-bond acceptors (Lipinski definition) is 3. The predicted molar refractivity (Wildman–Crippen MR) is 91.7 cm³/mol. The maximum atomic E-state index is 13.2. The Bertz CT molecular complexity index is 804. The van der Waals surface area contributed by atoms with Crippen LogP contribution in [-0.4, -0.2) is 25.5 Å². The molecule has 0 aromatic heterocycles. The highest BCUT2D eigenvalue weighted by Gasteiger charge is 2.35. The molecule has 0 unspecified atom stereocenters. The number of hydrogen-bond donors (Lipinski definition) is 1. The Morgan fingerprint density at radius 2 is 1.85 bits per heavy atom. The Balaban J connectivity index is 1.61. The Morgan fingerprint density at radius 1 is 1.19 bits per heavy atom. The summed E-state index contributed by atoms with van der Waals surface area (Å²) in [6, 6.07) is 10.1. The topological polar surface area (TPSA) is 58.6 Å².